The third-order valence-corrected chi connectivity index (χ3v) is 2.29. The fraction of sp³-hybridized carbons (Fsp3) is 0.333. The molecular weight excluding hydrogens is 239 g/mol. The fourth-order valence-electron chi connectivity index (χ4n) is 1.29. The van der Waals surface area contributed by atoms with Crippen molar-refractivity contribution in [2.75, 3.05) is 13.1 Å². The molecule has 0 saturated heterocycles. The SMILES string of the molecule is Cc1ccc(CNC(=O)CNCC(=O)O)cc1F. The normalized spacial score (nSPS) is 10.1. The van der Waals surface area contributed by atoms with Gasteiger partial charge in [0, 0.05) is 6.54 Å². The first kappa shape index (κ1) is 14.1. The Morgan fingerprint density at radius 1 is 1.33 bits per heavy atom. The average molecular weight is 254 g/mol. The zero-order chi connectivity index (χ0) is 13.5. The highest BCUT2D eigenvalue weighted by Gasteiger charge is 2.04. The molecule has 0 fully saturated rings. The van der Waals surface area contributed by atoms with Crippen LogP contribution in [0.25, 0.3) is 0 Å². The maximum Gasteiger partial charge on any atom is 0.317 e. The van der Waals surface area contributed by atoms with E-state index < -0.39 is 5.97 Å². The van der Waals surface area contributed by atoms with Crippen LogP contribution in [0.15, 0.2) is 18.2 Å². The Bertz CT molecular complexity index is 449. The van der Waals surface area contributed by atoms with Gasteiger partial charge in [-0.05, 0) is 24.1 Å². The summed E-state index contributed by atoms with van der Waals surface area (Å²) in [5, 5.41) is 13.4. The summed E-state index contributed by atoms with van der Waals surface area (Å²) >= 11 is 0. The molecule has 0 aliphatic heterocycles. The fourth-order valence-corrected chi connectivity index (χ4v) is 1.29. The van der Waals surface area contributed by atoms with Gasteiger partial charge in [0.2, 0.25) is 5.91 Å². The predicted octanol–water partition coefficient (Wildman–Crippen LogP) is 0.425. The number of benzene rings is 1. The summed E-state index contributed by atoms with van der Waals surface area (Å²) in [5.41, 5.74) is 1.21. The minimum Gasteiger partial charge on any atom is -0.480 e. The number of carboxylic acid groups (broad SMARTS) is 1. The van der Waals surface area contributed by atoms with Crippen molar-refractivity contribution in [3.05, 3.63) is 35.1 Å². The third kappa shape index (κ3) is 4.92. The summed E-state index contributed by atoms with van der Waals surface area (Å²) in [7, 11) is 0. The van der Waals surface area contributed by atoms with Crippen molar-refractivity contribution in [2.45, 2.75) is 13.5 Å². The van der Waals surface area contributed by atoms with E-state index in [1.54, 1.807) is 19.1 Å². The lowest BCUT2D eigenvalue weighted by atomic mass is 10.1. The second kappa shape index (κ2) is 6.70. The molecule has 1 amide bonds. The first-order valence-electron chi connectivity index (χ1n) is 5.43. The van der Waals surface area contributed by atoms with Crippen molar-refractivity contribution < 1.29 is 19.1 Å². The molecule has 1 rings (SSSR count). The van der Waals surface area contributed by atoms with Crippen molar-refractivity contribution in [2.24, 2.45) is 0 Å². The Morgan fingerprint density at radius 3 is 2.67 bits per heavy atom. The number of halogens is 1. The molecule has 0 unspecified atom stereocenters. The van der Waals surface area contributed by atoms with Gasteiger partial charge < -0.3 is 10.4 Å². The van der Waals surface area contributed by atoms with Crippen LogP contribution in [0.2, 0.25) is 0 Å². The first-order chi connectivity index (χ1) is 8.49. The largest absolute Gasteiger partial charge is 0.480 e. The number of hydrogen-bond acceptors (Lipinski definition) is 3. The second-order valence-electron chi connectivity index (χ2n) is 3.86. The van der Waals surface area contributed by atoms with Crippen LogP contribution in [0, 0.1) is 12.7 Å². The lowest BCUT2D eigenvalue weighted by Crippen LogP contribution is -2.35. The molecule has 0 aromatic heterocycles. The van der Waals surface area contributed by atoms with E-state index in [-0.39, 0.29) is 31.4 Å². The summed E-state index contributed by atoms with van der Waals surface area (Å²) < 4.78 is 13.2. The number of aliphatic carboxylic acids is 1. The van der Waals surface area contributed by atoms with Crippen LogP contribution in [-0.2, 0) is 16.1 Å². The van der Waals surface area contributed by atoms with E-state index in [0.717, 1.165) is 0 Å². The van der Waals surface area contributed by atoms with Crippen molar-refractivity contribution in [3.8, 4) is 0 Å². The monoisotopic (exact) mass is 254 g/mol. The van der Waals surface area contributed by atoms with Gasteiger partial charge in [0.25, 0.3) is 0 Å². The van der Waals surface area contributed by atoms with Gasteiger partial charge in [-0.15, -0.1) is 0 Å². The standard InChI is InChI=1S/C12H15FN2O3/c1-8-2-3-9(4-10(8)13)5-15-11(16)6-14-7-12(17)18/h2-4,14H,5-7H2,1H3,(H,15,16)(H,17,18). The van der Waals surface area contributed by atoms with E-state index in [9.17, 15) is 14.0 Å². The van der Waals surface area contributed by atoms with E-state index in [1.807, 2.05) is 0 Å². The van der Waals surface area contributed by atoms with Crippen LogP contribution < -0.4 is 10.6 Å². The Labute approximate surface area is 104 Å². The molecule has 18 heavy (non-hydrogen) atoms. The second-order valence-corrected chi connectivity index (χ2v) is 3.86. The van der Waals surface area contributed by atoms with Crippen molar-refractivity contribution in [3.63, 3.8) is 0 Å². The highest BCUT2D eigenvalue weighted by molar-refractivity contribution is 5.78. The number of aryl methyl sites for hydroxylation is 1. The number of carbonyl (C=O) groups excluding carboxylic acids is 1. The van der Waals surface area contributed by atoms with Crippen molar-refractivity contribution in [1.82, 2.24) is 10.6 Å². The third-order valence-electron chi connectivity index (χ3n) is 2.29. The molecule has 0 bridgehead atoms. The van der Waals surface area contributed by atoms with Gasteiger partial charge in [-0.25, -0.2) is 4.39 Å². The van der Waals surface area contributed by atoms with Gasteiger partial charge in [-0.3, -0.25) is 14.9 Å². The minimum absolute atomic E-state index is 0.0827. The smallest absolute Gasteiger partial charge is 0.317 e. The zero-order valence-electron chi connectivity index (χ0n) is 10.00. The van der Waals surface area contributed by atoms with E-state index >= 15 is 0 Å². The quantitative estimate of drug-likeness (QED) is 0.687. The first-order valence-corrected chi connectivity index (χ1v) is 5.43. The summed E-state index contributed by atoms with van der Waals surface area (Å²) in [6.07, 6.45) is 0. The molecule has 0 heterocycles. The molecule has 5 nitrogen and oxygen atoms in total. The summed E-state index contributed by atoms with van der Waals surface area (Å²) in [5.74, 6) is -1.67. The minimum atomic E-state index is -1.02. The molecule has 6 heteroatoms. The van der Waals surface area contributed by atoms with E-state index in [2.05, 4.69) is 10.6 Å². The van der Waals surface area contributed by atoms with Crippen molar-refractivity contribution in [1.29, 1.82) is 0 Å². The molecule has 0 spiro atoms. The zero-order valence-corrected chi connectivity index (χ0v) is 10.00. The topological polar surface area (TPSA) is 78.4 Å². The number of amides is 1. The molecule has 0 radical (unpaired) electrons. The molecule has 0 saturated carbocycles. The lowest BCUT2D eigenvalue weighted by Gasteiger charge is -2.06. The van der Waals surface area contributed by atoms with Gasteiger partial charge in [-0.2, -0.15) is 0 Å². The molecule has 0 aliphatic carbocycles. The van der Waals surface area contributed by atoms with E-state index in [4.69, 9.17) is 5.11 Å². The lowest BCUT2D eigenvalue weighted by molar-refractivity contribution is -0.136. The summed E-state index contributed by atoms with van der Waals surface area (Å²) in [6, 6.07) is 4.73. The number of nitrogens with one attached hydrogen (secondary N) is 2. The van der Waals surface area contributed by atoms with Crippen LogP contribution in [0.3, 0.4) is 0 Å². The van der Waals surface area contributed by atoms with E-state index in [0.29, 0.717) is 11.1 Å². The Balaban J connectivity index is 2.33. The maximum absolute atomic E-state index is 13.2. The predicted molar refractivity (Wildman–Crippen MR) is 63.5 cm³/mol. The molecule has 98 valence electrons. The molecule has 0 aliphatic rings. The van der Waals surface area contributed by atoms with Crippen molar-refractivity contribution >= 4 is 11.9 Å². The highest BCUT2D eigenvalue weighted by Crippen LogP contribution is 2.08. The van der Waals surface area contributed by atoms with Gasteiger partial charge in [0.05, 0.1) is 13.1 Å². The maximum atomic E-state index is 13.2. The molecular formula is C12H15FN2O3. The average Bonchev–Trinajstić information content (AvgIpc) is 2.30. The number of carbonyl (C=O) groups is 2. The van der Waals surface area contributed by atoms with Gasteiger partial charge in [-0.1, -0.05) is 12.1 Å². The van der Waals surface area contributed by atoms with Crippen LogP contribution in [0.5, 0.6) is 0 Å². The van der Waals surface area contributed by atoms with Gasteiger partial charge in [0.15, 0.2) is 0 Å². The summed E-state index contributed by atoms with van der Waals surface area (Å²) in [4.78, 5) is 21.5. The number of carboxylic acids is 1. The molecule has 0 atom stereocenters. The number of hydrogen-bond donors (Lipinski definition) is 3. The Hall–Kier alpha value is -1.95. The molecule has 1 aromatic carbocycles. The highest BCUT2D eigenvalue weighted by atomic mass is 19.1. The Morgan fingerprint density at radius 2 is 2.06 bits per heavy atom. The number of rotatable bonds is 6. The Kier molecular flexibility index (Phi) is 5.26. The van der Waals surface area contributed by atoms with Crippen LogP contribution in [0.4, 0.5) is 4.39 Å². The van der Waals surface area contributed by atoms with Crippen LogP contribution >= 0.6 is 0 Å². The molecule has 3 N–H and O–H groups in total. The van der Waals surface area contributed by atoms with Crippen LogP contribution in [0.1, 0.15) is 11.1 Å². The van der Waals surface area contributed by atoms with Gasteiger partial charge >= 0.3 is 5.97 Å². The van der Waals surface area contributed by atoms with E-state index in [1.165, 1.54) is 6.07 Å². The van der Waals surface area contributed by atoms with Gasteiger partial charge in [0.1, 0.15) is 5.82 Å². The van der Waals surface area contributed by atoms with Crippen LogP contribution in [-0.4, -0.2) is 30.1 Å². The molecule has 1 aromatic rings. The summed E-state index contributed by atoms with van der Waals surface area (Å²) in [6.45, 7) is 1.52.